The highest BCUT2D eigenvalue weighted by atomic mass is 16.5. The highest BCUT2D eigenvalue weighted by Gasteiger charge is 2.32. The highest BCUT2D eigenvalue weighted by molar-refractivity contribution is 6.01. The number of hydrogen-bond donors (Lipinski definition) is 0. The van der Waals surface area contributed by atoms with Crippen LogP contribution < -0.4 is 9.64 Å². The molecule has 2 aliphatic heterocycles. The molecular formula is C24H24N4O3. The Hall–Kier alpha value is -3.45. The Labute approximate surface area is 181 Å². The lowest BCUT2D eigenvalue weighted by atomic mass is 10.0. The zero-order valence-electron chi connectivity index (χ0n) is 17.5. The van der Waals surface area contributed by atoms with Gasteiger partial charge in [0.05, 0.1) is 31.6 Å². The Morgan fingerprint density at radius 2 is 1.90 bits per heavy atom. The molecule has 1 amide bonds. The van der Waals surface area contributed by atoms with Crippen molar-refractivity contribution in [3.63, 3.8) is 0 Å². The van der Waals surface area contributed by atoms with Crippen molar-refractivity contribution >= 4 is 11.7 Å². The summed E-state index contributed by atoms with van der Waals surface area (Å²) < 4.78 is 10.7. The molecule has 0 spiro atoms. The van der Waals surface area contributed by atoms with E-state index in [-0.39, 0.29) is 5.91 Å². The second-order valence-electron chi connectivity index (χ2n) is 7.69. The summed E-state index contributed by atoms with van der Waals surface area (Å²) in [6.07, 6.45) is 1.76. The summed E-state index contributed by atoms with van der Waals surface area (Å²) in [6, 6.07) is 15.8. The van der Waals surface area contributed by atoms with E-state index in [2.05, 4.69) is 9.88 Å². The van der Waals surface area contributed by atoms with E-state index in [1.165, 1.54) is 0 Å². The first kappa shape index (κ1) is 19.5. The number of fused-ring (bicyclic) bond motifs is 1. The molecule has 3 aromatic rings. The Morgan fingerprint density at radius 3 is 2.61 bits per heavy atom. The molecule has 0 N–H and O–H groups in total. The van der Waals surface area contributed by atoms with Crippen molar-refractivity contribution in [3.8, 4) is 17.1 Å². The van der Waals surface area contributed by atoms with Gasteiger partial charge >= 0.3 is 0 Å². The highest BCUT2D eigenvalue weighted by Crippen LogP contribution is 2.35. The zero-order chi connectivity index (χ0) is 21.2. The summed E-state index contributed by atoms with van der Waals surface area (Å²) in [4.78, 5) is 26.7. The number of carbonyl (C=O) groups excluding carboxylic acids is 1. The fraction of sp³-hybridized carbons (Fsp3) is 0.292. The number of hydrogen-bond acceptors (Lipinski definition) is 6. The van der Waals surface area contributed by atoms with Crippen LogP contribution in [-0.2, 0) is 17.8 Å². The lowest BCUT2D eigenvalue weighted by Crippen LogP contribution is -2.37. The molecule has 1 aromatic carbocycles. The molecule has 1 saturated heterocycles. The summed E-state index contributed by atoms with van der Waals surface area (Å²) >= 11 is 0. The van der Waals surface area contributed by atoms with E-state index < -0.39 is 0 Å². The van der Waals surface area contributed by atoms with E-state index in [4.69, 9.17) is 14.5 Å². The number of ether oxygens (including phenoxy) is 2. The Morgan fingerprint density at radius 1 is 1.10 bits per heavy atom. The average molecular weight is 416 g/mol. The molecule has 0 atom stereocenters. The van der Waals surface area contributed by atoms with Crippen molar-refractivity contribution < 1.29 is 14.3 Å². The quantitative estimate of drug-likeness (QED) is 0.637. The second kappa shape index (κ2) is 8.35. The van der Waals surface area contributed by atoms with Gasteiger partial charge in [-0.3, -0.25) is 4.79 Å². The molecule has 0 aliphatic carbocycles. The first-order valence-electron chi connectivity index (χ1n) is 10.4. The summed E-state index contributed by atoms with van der Waals surface area (Å²) in [5.41, 5.74) is 4.46. The van der Waals surface area contributed by atoms with Crippen LogP contribution in [0.25, 0.3) is 11.3 Å². The molecule has 2 aliphatic rings. The summed E-state index contributed by atoms with van der Waals surface area (Å²) in [5.74, 6) is 1.40. The van der Waals surface area contributed by atoms with Crippen LogP contribution in [0, 0.1) is 0 Å². The number of pyridine rings is 2. The van der Waals surface area contributed by atoms with Crippen LogP contribution in [0.15, 0.2) is 54.7 Å². The SMILES string of the molecule is COc1ccc(-c2nc(N3CCOCC3)cc3c2CN(Cc2ccccc2)C3=O)cn1. The topological polar surface area (TPSA) is 67.8 Å². The van der Waals surface area contributed by atoms with Gasteiger partial charge in [-0.25, -0.2) is 9.97 Å². The van der Waals surface area contributed by atoms with Gasteiger partial charge in [0.15, 0.2) is 0 Å². The molecule has 0 unspecified atom stereocenters. The maximum atomic E-state index is 13.3. The number of benzene rings is 1. The molecular weight excluding hydrogens is 392 g/mol. The van der Waals surface area contributed by atoms with Gasteiger partial charge in [0, 0.05) is 49.6 Å². The molecule has 0 saturated carbocycles. The average Bonchev–Trinajstić information content (AvgIpc) is 3.15. The first-order valence-corrected chi connectivity index (χ1v) is 10.4. The summed E-state index contributed by atoms with van der Waals surface area (Å²) in [6.45, 7) is 3.93. The van der Waals surface area contributed by atoms with Gasteiger partial charge in [0.25, 0.3) is 5.91 Å². The number of aromatic nitrogens is 2. The summed E-state index contributed by atoms with van der Waals surface area (Å²) in [7, 11) is 1.59. The number of morpholine rings is 1. The lowest BCUT2D eigenvalue weighted by molar-refractivity contribution is 0.0767. The third-order valence-electron chi connectivity index (χ3n) is 5.75. The van der Waals surface area contributed by atoms with E-state index >= 15 is 0 Å². The Bertz CT molecular complexity index is 1080. The van der Waals surface area contributed by atoms with E-state index in [0.29, 0.717) is 32.2 Å². The number of amides is 1. The van der Waals surface area contributed by atoms with Gasteiger partial charge in [0.1, 0.15) is 5.82 Å². The van der Waals surface area contributed by atoms with E-state index in [1.807, 2.05) is 53.4 Å². The van der Waals surface area contributed by atoms with Gasteiger partial charge in [-0.15, -0.1) is 0 Å². The number of methoxy groups -OCH3 is 1. The Balaban J connectivity index is 1.55. The van der Waals surface area contributed by atoms with Gasteiger partial charge in [0.2, 0.25) is 5.88 Å². The minimum atomic E-state index is 0.0403. The van der Waals surface area contributed by atoms with Crippen molar-refractivity contribution in [1.82, 2.24) is 14.9 Å². The molecule has 4 heterocycles. The summed E-state index contributed by atoms with van der Waals surface area (Å²) in [5, 5.41) is 0. The van der Waals surface area contributed by atoms with Gasteiger partial charge < -0.3 is 19.3 Å². The van der Waals surface area contributed by atoms with Crippen LogP contribution in [-0.4, -0.2) is 54.2 Å². The predicted molar refractivity (Wildman–Crippen MR) is 117 cm³/mol. The molecule has 7 nitrogen and oxygen atoms in total. The first-order chi connectivity index (χ1) is 15.2. The monoisotopic (exact) mass is 416 g/mol. The van der Waals surface area contributed by atoms with Crippen molar-refractivity contribution in [3.05, 3.63) is 71.4 Å². The van der Waals surface area contributed by atoms with Crippen molar-refractivity contribution in [2.24, 2.45) is 0 Å². The third kappa shape index (κ3) is 3.84. The molecule has 2 aromatic heterocycles. The fourth-order valence-electron chi connectivity index (χ4n) is 4.11. The van der Waals surface area contributed by atoms with Crippen LogP contribution >= 0.6 is 0 Å². The maximum Gasteiger partial charge on any atom is 0.255 e. The van der Waals surface area contributed by atoms with E-state index in [0.717, 1.165) is 46.9 Å². The van der Waals surface area contributed by atoms with Gasteiger partial charge in [-0.1, -0.05) is 30.3 Å². The minimum Gasteiger partial charge on any atom is -0.481 e. The van der Waals surface area contributed by atoms with Crippen LogP contribution in [0.5, 0.6) is 5.88 Å². The second-order valence-corrected chi connectivity index (χ2v) is 7.69. The number of nitrogens with zero attached hydrogens (tertiary/aromatic N) is 4. The van der Waals surface area contributed by atoms with Crippen LogP contribution in [0.1, 0.15) is 21.5 Å². The maximum absolute atomic E-state index is 13.3. The van der Waals surface area contributed by atoms with Crippen LogP contribution in [0.3, 0.4) is 0 Å². The van der Waals surface area contributed by atoms with Crippen molar-refractivity contribution in [2.45, 2.75) is 13.1 Å². The minimum absolute atomic E-state index is 0.0403. The van der Waals surface area contributed by atoms with Crippen LogP contribution in [0.4, 0.5) is 5.82 Å². The van der Waals surface area contributed by atoms with Gasteiger partial charge in [-0.05, 0) is 17.7 Å². The largest absolute Gasteiger partial charge is 0.481 e. The zero-order valence-corrected chi connectivity index (χ0v) is 17.5. The van der Waals surface area contributed by atoms with E-state index in [9.17, 15) is 4.79 Å². The van der Waals surface area contributed by atoms with Crippen LogP contribution in [0.2, 0.25) is 0 Å². The van der Waals surface area contributed by atoms with Crippen molar-refractivity contribution in [2.75, 3.05) is 38.3 Å². The lowest BCUT2D eigenvalue weighted by Gasteiger charge is -2.28. The number of carbonyl (C=O) groups is 1. The Kier molecular flexibility index (Phi) is 5.26. The standard InChI is InChI=1S/C24H24N4O3/c1-30-22-8-7-18(14-25-22)23-20-16-28(15-17-5-3-2-4-6-17)24(29)19(20)13-21(26-23)27-9-11-31-12-10-27/h2-8,13-14H,9-12,15-16H2,1H3. The molecule has 1 fully saturated rings. The predicted octanol–water partition coefficient (Wildman–Crippen LogP) is 3.14. The molecule has 158 valence electrons. The molecule has 7 heteroatoms. The molecule has 0 bridgehead atoms. The normalized spacial score (nSPS) is 15.8. The van der Waals surface area contributed by atoms with Crippen molar-refractivity contribution in [1.29, 1.82) is 0 Å². The van der Waals surface area contributed by atoms with Gasteiger partial charge in [-0.2, -0.15) is 0 Å². The smallest absolute Gasteiger partial charge is 0.255 e. The molecule has 0 radical (unpaired) electrons. The molecule has 31 heavy (non-hydrogen) atoms. The number of anilines is 1. The number of rotatable bonds is 5. The van der Waals surface area contributed by atoms with E-state index in [1.54, 1.807) is 13.3 Å². The molecule has 5 rings (SSSR count). The fourth-order valence-corrected chi connectivity index (χ4v) is 4.11. The third-order valence-corrected chi connectivity index (χ3v) is 5.75.